The number of aromatic amines is 1. The lowest BCUT2D eigenvalue weighted by Gasteiger charge is -2.48. The van der Waals surface area contributed by atoms with Crippen LogP contribution >= 0.6 is 0 Å². The van der Waals surface area contributed by atoms with Gasteiger partial charge in [0, 0.05) is 22.6 Å². The van der Waals surface area contributed by atoms with Gasteiger partial charge in [0.15, 0.2) is 0 Å². The van der Waals surface area contributed by atoms with E-state index in [-0.39, 0.29) is 5.54 Å². The largest absolute Gasteiger partial charge is 0.390 e. The summed E-state index contributed by atoms with van der Waals surface area (Å²) in [5, 5.41) is 12.6. The van der Waals surface area contributed by atoms with E-state index in [2.05, 4.69) is 84.8 Å². The Hall–Kier alpha value is -2.10. The summed E-state index contributed by atoms with van der Waals surface area (Å²) in [5.74, 6) is 0. The molecule has 0 amide bonds. The highest BCUT2D eigenvalue weighted by Gasteiger charge is 2.42. The molecule has 0 unspecified atom stereocenters. The van der Waals surface area contributed by atoms with Crippen molar-refractivity contribution in [2.75, 3.05) is 14.1 Å². The molecular weight excluding hydrogens is 356 g/mol. The second-order valence-corrected chi connectivity index (χ2v) is 9.22. The summed E-state index contributed by atoms with van der Waals surface area (Å²) in [6.45, 7) is 0. The molecule has 1 aliphatic carbocycles. The number of hydrogen-bond donors (Lipinski definition) is 2. The van der Waals surface area contributed by atoms with Crippen LogP contribution in [0, 0.1) is 0 Å². The van der Waals surface area contributed by atoms with Crippen molar-refractivity contribution in [2.45, 2.75) is 62.5 Å². The van der Waals surface area contributed by atoms with Crippen molar-refractivity contribution in [1.29, 1.82) is 0 Å². The van der Waals surface area contributed by atoms with Gasteiger partial charge >= 0.3 is 0 Å². The van der Waals surface area contributed by atoms with E-state index >= 15 is 0 Å². The topological polar surface area (TPSA) is 39.3 Å². The average molecular weight is 391 g/mol. The molecule has 0 bridgehead atoms. The molecule has 1 aromatic heterocycles. The van der Waals surface area contributed by atoms with E-state index in [1.807, 2.05) is 0 Å². The molecule has 0 aliphatic heterocycles. The number of nitrogens with one attached hydrogen (secondary N) is 1. The molecule has 3 heteroatoms. The first-order valence-corrected chi connectivity index (χ1v) is 11.0. The Morgan fingerprint density at radius 1 is 0.931 bits per heavy atom. The van der Waals surface area contributed by atoms with Gasteiger partial charge in [-0.3, -0.25) is 0 Å². The summed E-state index contributed by atoms with van der Waals surface area (Å²) in [6, 6.07) is 19.3. The smallest absolute Gasteiger partial charge is 0.0649 e. The molecule has 1 aliphatic rings. The lowest BCUT2D eigenvalue weighted by Crippen LogP contribution is -2.52. The molecule has 0 saturated heterocycles. The van der Waals surface area contributed by atoms with E-state index in [4.69, 9.17) is 0 Å². The van der Waals surface area contributed by atoms with Gasteiger partial charge in [-0.15, -0.1) is 0 Å². The first-order valence-electron chi connectivity index (χ1n) is 11.0. The Balaban J connectivity index is 1.35. The molecule has 154 valence electrons. The van der Waals surface area contributed by atoms with Crippen LogP contribution in [0.25, 0.3) is 10.9 Å². The maximum Gasteiger partial charge on any atom is 0.0649 e. The molecule has 1 fully saturated rings. The highest BCUT2D eigenvalue weighted by Crippen LogP contribution is 2.42. The van der Waals surface area contributed by atoms with E-state index in [9.17, 15) is 5.11 Å². The number of benzene rings is 2. The Kier molecular flexibility index (Phi) is 5.80. The molecule has 2 aromatic carbocycles. The van der Waals surface area contributed by atoms with E-state index in [0.29, 0.717) is 0 Å². The molecule has 0 radical (unpaired) electrons. The van der Waals surface area contributed by atoms with Crippen molar-refractivity contribution in [3.05, 3.63) is 71.9 Å². The van der Waals surface area contributed by atoms with Crippen molar-refractivity contribution < 1.29 is 5.11 Å². The molecule has 29 heavy (non-hydrogen) atoms. The Morgan fingerprint density at radius 2 is 1.62 bits per heavy atom. The van der Waals surface area contributed by atoms with Gasteiger partial charge in [-0.05, 0) is 82.7 Å². The van der Waals surface area contributed by atoms with E-state index < -0.39 is 5.60 Å². The minimum Gasteiger partial charge on any atom is -0.390 e. The van der Waals surface area contributed by atoms with Crippen LogP contribution in [0.5, 0.6) is 0 Å². The third-order valence-corrected chi connectivity index (χ3v) is 7.20. The third kappa shape index (κ3) is 4.41. The second kappa shape index (κ2) is 8.33. The number of aryl methyl sites for hydroxylation is 1. The minimum atomic E-state index is -0.512. The lowest BCUT2D eigenvalue weighted by molar-refractivity contribution is -0.0502. The van der Waals surface area contributed by atoms with Crippen LogP contribution in [0.3, 0.4) is 0 Å². The summed E-state index contributed by atoms with van der Waals surface area (Å²) in [6.07, 6.45) is 10.0. The van der Waals surface area contributed by atoms with Crippen LogP contribution < -0.4 is 0 Å². The van der Waals surface area contributed by atoms with E-state index in [1.165, 1.54) is 22.0 Å². The molecule has 3 aromatic rings. The number of aromatic nitrogens is 1. The molecular formula is C26H34N2O. The summed E-state index contributed by atoms with van der Waals surface area (Å²) >= 11 is 0. The minimum absolute atomic E-state index is 0.157. The first-order chi connectivity index (χ1) is 14.0. The fourth-order valence-corrected chi connectivity index (χ4v) is 5.13. The van der Waals surface area contributed by atoms with Crippen molar-refractivity contribution in [3.63, 3.8) is 0 Å². The van der Waals surface area contributed by atoms with Crippen molar-refractivity contribution in [1.82, 2.24) is 9.88 Å². The molecule has 1 heterocycles. The molecule has 3 nitrogen and oxygen atoms in total. The monoisotopic (exact) mass is 390 g/mol. The van der Waals surface area contributed by atoms with Gasteiger partial charge in [0.25, 0.3) is 0 Å². The van der Waals surface area contributed by atoms with Crippen LogP contribution in [0.1, 0.15) is 49.7 Å². The van der Waals surface area contributed by atoms with Crippen LogP contribution in [0.15, 0.2) is 60.8 Å². The summed E-state index contributed by atoms with van der Waals surface area (Å²) in [5.41, 5.74) is 3.61. The fourth-order valence-electron chi connectivity index (χ4n) is 5.13. The van der Waals surface area contributed by atoms with Gasteiger partial charge in [0.2, 0.25) is 0 Å². The number of fused-ring (bicyclic) bond motifs is 1. The highest BCUT2D eigenvalue weighted by atomic mass is 16.3. The number of nitrogens with zero attached hydrogens (tertiary/aromatic N) is 1. The van der Waals surface area contributed by atoms with E-state index in [1.54, 1.807) is 0 Å². The Morgan fingerprint density at radius 3 is 2.34 bits per heavy atom. The summed E-state index contributed by atoms with van der Waals surface area (Å²) in [4.78, 5) is 5.76. The van der Waals surface area contributed by atoms with Crippen LogP contribution in [0.4, 0.5) is 0 Å². The number of likely N-dealkylation sites (N-methyl/N-ethyl adjacent to an activating group) is 1. The standard InChI is InChI=1S/C26H34N2O/c1-28(2)25(19-21-9-4-3-5-10-21)15-17-26(29,18-16-25)14-8-11-22-20-27-24-13-7-6-12-23(22)24/h3-7,9-10,12-13,20,27,29H,8,11,14-19H2,1-2H3. The Labute approximate surface area is 174 Å². The van der Waals surface area contributed by atoms with Gasteiger partial charge in [-0.2, -0.15) is 0 Å². The Bertz CT molecular complexity index is 920. The molecule has 1 saturated carbocycles. The zero-order chi connectivity index (χ0) is 20.3. The molecule has 0 spiro atoms. The second-order valence-electron chi connectivity index (χ2n) is 9.22. The number of aliphatic hydroxyl groups is 1. The maximum absolute atomic E-state index is 11.3. The highest BCUT2D eigenvalue weighted by molar-refractivity contribution is 5.82. The van der Waals surface area contributed by atoms with Crippen molar-refractivity contribution in [3.8, 4) is 0 Å². The van der Waals surface area contributed by atoms with Crippen LogP contribution in [-0.2, 0) is 12.8 Å². The molecule has 2 N–H and O–H groups in total. The predicted molar refractivity (Wildman–Crippen MR) is 121 cm³/mol. The van der Waals surface area contributed by atoms with Gasteiger partial charge in [0.1, 0.15) is 0 Å². The zero-order valence-corrected chi connectivity index (χ0v) is 17.8. The summed E-state index contributed by atoms with van der Waals surface area (Å²) in [7, 11) is 4.40. The van der Waals surface area contributed by atoms with E-state index in [0.717, 1.165) is 51.4 Å². The van der Waals surface area contributed by atoms with Crippen molar-refractivity contribution >= 4 is 10.9 Å². The number of hydrogen-bond acceptors (Lipinski definition) is 2. The van der Waals surface area contributed by atoms with Crippen molar-refractivity contribution in [2.24, 2.45) is 0 Å². The quantitative estimate of drug-likeness (QED) is 0.572. The lowest BCUT2D eigenvalue weighted by atomic mass is 9.69. The van der Waals surface area contributed by atoms with Gasteiger partial charge < -0.3 is 15.0 Å². The van der Waals surface area contributed by atoms with Gasteiger partial charge in [0.05, 0.1) is 5.60 Å². The fraction of sp³-hybridized carbons (Fsp3) is 0.462. The zero-order valence-electron chi connectivity index (χ0n) is 17.8. The number of H-pyrrole nitrogens is 1. The maximum atomic E-state index is 11.3. The van der Waals surface area contributed by atoms with Gasteiger partial charge in [-0.1, -0.05) is 48.5 Å². The van der Waals surface area contributed by atoms with Crippen LogP contribution in [0.2, 0.25) is 0 Å². The number of para-hydroxylation sites is 1. The van der Waals surface area contributed by atoms with Crippen LogP contribution in [-0.4, -0.2) is 40.2 Å². The average Bonchev–Trinajstić information content (AvgIpc) is 3.14. The third-order valence-electron chi connectivity index (χ3n) is 7.20. The van der Waals surface area contributed by atoms with Gasteiger partial charge in [-0.25, -0.2) is 0 Å². The molecule has 0 atom stereocenters. The first kappa shape index (κ1) is 20.2. The molecule has 4 rings (SSSR count). The number of rotatable bonds is 7. The predicted octanol–water partition coefficient (Wildman–Crippen LogP) is 5.34. The SMILES string of the molecule is CN(C)C1(Cc2ccccc2)CCC(O)(CCCc2c[nH]c3ccccc23)CC1. The normalized spacial score (nSPS) is 25.0. The summed E-state index contributed by atoms with van der Waals surface area (Å²) < 4.78 is 0.